The molecule has 45 heavy (non-hydrogen) atoms. The van der Waals surface area contributed by atoms with Gasteiger partial charge in [-0.25, -0.2) is 4.98 Å². The maximum Gasteiger partial charge on any atom is 0.275 e. The SMILES string of the molecule is CC(C)(C)CC[C@H](c1ccc(C(=O)NCc2nc[nH]n2)cc1)N1C(=O)C(c2cc(Cl)cc(Cl)c2)=NC12CCC(C(C)(C)C)CC2. The molecule has 2 amide bonds. The molecule has 0 bridgehead atoms. The van der Waals surface area contributed by atoms with Crippen molar-refractivity contribution in [2.45, 2.75) is 98.3 Å². The van der Waals surface area contributed by atoms with Crippen LogP contribution in [0.25, 0.3) is 0 Å². The molecule has 2 aliphatic rings. The maximum absolute atomic E-state index is 14.6. The summed E-state index contributed by atoms with van der Waals surface area (Å²) >= 11 is 12.8. The second-order valence-corrected chi connectivity index (χ2v) is 15.6. The molecule has 240 valence electrons. The van der Waals surface area contributed by atoms with E-state index in [2.05, 4.69) is 66.9 Å². The number of aromatic amines is 1. The van der Waals surface area contributed by atoms with Crippen molar-refractivity contribution in [3.63, 3.8) is 0 Å². The van der Waals surface area contributed by atoms with Gasteiger partial charge in [-0.15, -0.1) is 0 Å². The highest BCUT2D eigenvalue weighted by molar-refractivity contribution is 6.47. The Kier molecular flexibility index (Phi) is 9.48. The molecule has 8 nitrogen and oxygen atoms in total. The van der Waals surface area contributed by atoms with Crippen LogP contribution in [0.15, 0.2) is 53.8 Å². The Morgan fingerprint density at radius 1 is 1.04 bits per heavy atom. The molecular formula is C35H44Cl2N6O2. The van der Waals surface area contributed by atoms with Gasteiger partial charge in [0, 0.05) is 21.2 Å². The van der Waals surface area contributed by atoms with Crippen LogP contribution >= 0.6 is 23.2 Å². The Hall–Kier alpha value is -3.23. The molecule has 2 aromatic carbocycles. The second-order valence-electron chi connectivity index (χ2n) is 14.8. The first-order valence-electron chi connectivity index (χ1n) is 15.8. The molecule has 1 fully saturated rings. The molecule has 1 saturated carbocycles. The molecule has 3 aromatic rings. The number of hydrogen-bond donors (Lipinski definition) is 2. The fourth-order valence-corrected chi connectivity index (χ4v) is 7.20. The highest BCUT2D eigenvalue weighted by Crippen LogP contribution is 2.50. The van der Waals surface area contributed by atoms with Crippen molar-refractivity contribution in [3.05, 3.63) is 81.4 Å². The number of carbonyl (C=O) groups is 2. The third-order valence-corrected chi connectivity index (χ3v) is 9.68. The summed E-state index contributed by atoms with van der Waals surface area (Å²) in [5, 5.41) is 10.5. The average molecular weight is 652 g/mol. The first-order valence-corrected chi connectivity index (χ1v) is 16.5. The van der Waals surface area contributed by atoms with Crippen molar-refractivity contribution in [3.8, 4) is 0 Å². The Labute approximate surface area is 276 Å². The average Bonchev–Trinajstić information content (AvgIpc) is 3.58. The minimum atomic E-state index is -0.669. The first kappa shape index (κ1) is 33.1. The summed E-state index contributed by atoms with van der Waals surface area (Å²) in [5.74, 6) is 0.741. The number of amides is 2. The lowest BCUT2D eigenvalue weighted by Crippen LogP contribution is -2.51. The fraction of sp³-hybridized carbons (Fsp3) is 0.514. The van der Waals surface area contributed by atoms with Crippen molar-refractivity contribution in [2.75, 3.05) is 0 Å². The summed E-state index contributed by atoms with van der Waals surface area (Å²) in [7, 11) is 0. The number of benzene rings is 2. The van der Waals surface area contributed by atoms with Gasteiger partial charge in [0.05, 0.1) is 12.6 Å². The van der Waals surface area contributed by atoms with E-state index < -0.39 is 5.66 Å². The highest BCUT2D eigenvalue weighted by Gasteiger charge is 2.52. The molecule has 1 aliphatic carbocycles. The fourth-order valence-electron chi connectivity index (χ4n) is 6.68. The van der Waals surface area contributed by atoms with Gasteiger partial charge in [0.2, 0.25) is 0 Å². The van der Waals surface area contributed by atoms with E-state index in [4.69, 9.17) is 28.2 Å². The zero-order valence-electron chi connectivity index (χ0n) is 27.1. The number of nitrogens with zero attached hydrogens (tertiary/aromatic N) is 4. The molecule has 0 unspecified atom stereocenters. The van der Waals surface area contributed by atoms with Crippen LogP contribution in [0.2, 0.25) is 10.0 Å². The van der Waals surface area contributed by atoms with E-state index >= 15 is 0 Å². The molecule has 0 saturated heterocycles. The number of halogens is 2. The van der Waals surface area contributed by atoms with E-state index in [-0.39, 0.29) is 35.2 Å². The van der Waals surface area contributed by atoms with Crippen molar-refractivity contribution < 1.29 is 9.59 Å². The summed E-state index contributed by atoms with van der Waals surface area (Å²) in [6, 6.07) is 12.6. The van der Waals surface area contributed by atoms with Crippen LogP contribution in [-0.2, 0) is 11.3 Å². The molecule has 10 heteroatoms. The third kappa shape index (κ3) is 7.60. The number of aliphatic imine (C=N–C) groups is 1. The van der Waals surface area contributed by atoms with Gasteiger partial charge in [0.1, 0.15) is 17.7 Å². The summed E-state index contributed by atoms with van der Waals surface area (Å²) in [6.07, 6.45) is 6.67. The predicted molar refractivity (Wildman–Crippen MR) is 179 cm³/mol. The highest BCUT2D eigenvalue weighted by atomic mass is 35.5. The van der Waals surface area contributed by atoms with Gasteiger partial charge >= 0.3 is 0 Å². The standard InChI is InChI=1S/C35H44Cl2N6O2/c1-33(2,3)14-13-28(22-7-9-23(10-8-22)31(44)38-20-29-39-21-40-42-29)43-32(45)30(24-17-26(36)19-27(37)18-24)41-35(43)15-11-25(12-16-35)34(4,5)6/h7-10,17-19,21,25,28H,11-16,20H2,1-6H3,(H,38,44)(H,39,40,42)/t25?,28-,35?/m1/s1. The number of nitrogens with one attached hydrogen (secondary N) is 2. The first-order chi connectivity index (χ1) is 21.1. The molecule has 1 atom stereocenters. The van der Waals surface area contributed by atoms with Crippen LogP contribution in [0.1, 0.15) is 113 Å². The van der Waals surface area contributed by atoms with Gasteiger partial charge in [-0.3, -0.25) is 19.7 Å². The molecule has 1 aliphatic heterocycles. The number of H-pyrrole nitrogens is 1. The molecule has 1 spiro atoms. The lowest BCUT2D eigenvalue weighted by Gasteiger charge is -2.47. The quantitative estimate of drug-likeness (QED) is 0.256. The molecule has 0 radical (unpaired) electrons. The van der Waals surface area contributed by atoms with Crippen LogP contribution in [0.5, 0.6) is 0 Å². The number of aromatic nitrogens is 3. The van der Waals surface area contributed by atoms with Crippen LogP contribution in [0.4, 0.5) is 0 Å². The Morgan fingerprint density at radius 2 is 1.69 bits per heavy atom. The molecular weight excluding hydrogens is 607 g/mol. The monoisotopic (exact) mass is 650 g/mol. The van der Waals surface area contributed by atoms with Crippen LogP contribution in [0.3, 0.4) is 0 Å². The normalized spacial score (nSPS) is 21.2. The number of hydrogen-bond acceptors (Lipinski definition) is 5. The number of rotatable bonds is 8. The molecule has 5 rings (SSSR count). The smallest absolute Gasteiger partial charge is 0.275 e. The van der Waals surface area contributed by atoms with Crippen LogP contribution in [0, 0.1) is 16.7 Å². The minimum Gasteiger partial charge on any atom is -0.345 e. The lowest BCUT2D eigenvalue weighted by atomic mass is 9.69. The largest absolute Gasteiger partial charge is 0.345 e. The zero-order chi connectivity index (χ0) is 32.6. The van der Waals surface area contributed by atoms with Crippen LogP contribution < -0.4 is 5.32 Å². The van der Waals surface area contributed by atoms with Crippen LogP contribution in [-0.4, -0.2) is 43.3 Å². The van der Waals surface area contributed by atoms with E-state index in [9.17, 15) is 9.59 Å². The predicted octanol–water partition coefficient (Wildman–Crippen LogP) is 8.17. The Balaban J connectivity index is 1.51. The summed E-state index contributed by atoms with van der Waals surface area (Å²) in [5.41, 5.74) is 2.14. The van der Waals surface area contributed by atoms with E-state index in [0.29, 0.717) is 38.6 Å². The van der Waals surface area contributed by atoms with E-state index in [1.807, 2.05) is 24.3 Å². The van der Waals surface area contributed by atoms with Gasteiger partial charge in [-0.1, -0.05) is 76.9 Å². The molecule has 2 heterocycles. The summed E-state index contributed by atoms with van der Waals surface area (Å²) in [6.45, 7) is 13.8. The van der Waals surface area contributed by atoms with Gasteiger partial charge in [0.15, 0.2) is 5.82 Å². The Morgan fingerprint density at radius 3 is 2.24 bits per heavy atom. The van der Waals surface area contributed by atoms with E-state index in [1.54, 1.807) is 18.2 Å². The van der Waals surface area contributed by atoms with E-state index in [0.717, 1.165) is 44.1 Å². The zero-order valence-corrected chi connectivity index (χ0v) is 28.6. The second kappa shape index (κ2) is 12.9. The Bertz CT molecular complexity index is 1530. The topological polar surface area (TPSA) is 103 Å². The van der Waals surface area contributed by atoms with Gasteiger partial charge in [-0.05, 0) is 91.2 Å². The lowest BCUT2D eigenvalue weighted by molar-refractivity contribution is -0.134. The minimum absolute atomic E-state index is 0.0579. The third-order valence-electron chi connectivity index (χ3n) is 9.25. The molecule has 1 aromatic heterocycles. The summed E-state index contributed by atoms with van der Waals surface area (Å²) in [4.78, 5) is 38.9. The van der Waals surface area contributed by atoms with Gasteiger partial charge < -0.3 is 10.2 Å². The van der Waals surface area contributed by atoms with Crippen molar-refractivity contribution >= 4 is 40.7 Å². The van der Waals surface area contributed by atoms with E-state index in [1.165, 1.54) is 6.33 Å². The van der Waals surface area contributed by atoms with Crippen molar-refractivity contribution in [2.24, 2.45) is 21.7 Å². The number of carbonyl (C=O) groups excluding carboxylic acids is 2. The maximum atomic E-state index is 14.6. The van der Waals surface area contributed by atoms with Gasteiger partial charge in [-0.2, -0.15) is 5.10 Å². The van der Waals surface area contributed by atoms with Gasteiger partial charge in [0.25, 0.3) is 11.8 Å². The van der Waals surface area contributed by atoms with Crippen molar-refractivity contribution in [1.82, 2.24) is 25.4 Å². The van der Waals surface area contributed by atoms with Crippen molar-refractivity contribution in [1.29, 1.82) is 0 Å². The summed E-state index contributed by atoms with van der Waals surface area (Å²) < 4.78 is 0. The molecule has 2 N–H and O–H groups in total.